The van der Waals surface area contributed by atoms with E-state index in [2.05, 4.69) is 11.6 Å². The maximum Gasteiger partial charge on any atom is 0.185 e. The Morgan fingerprint density at radius 2 is 2.17 bits per heavy atom. The van der Waals surface area contributed by atoms with Crippen molar-refractivity contribution >= 4 is 17.1 Å². The Kier molecular flexibility index (Phi) is 5.90. The molecule has 24 heavy (non-hydrogen) atoms. The molecule has 7 heteroatoms. The summed E-state index contributed by atoms with van der Waals surface area (Å²) in [6, 6.07) is 5.37. The van der Waals surface area contributed by atoms with Gasteiger partial charge in [0.25, 0.3) is 0 Å². The summed E-state index contributed by atoms with van der Waals surface area (Å²) in [7, 11) is 0. The Morgan fingerprint density at radius 1 is 1.50 bits per heavy atom. The summed E-state index contributed by atoms with van der Waals surface area (Å²) in [6.45, 7) is 5.19. The van der Waals surface area contributed by atoms with Crippen LogP contribution in [0.1, 0.15) is 17.8 Å². The number of carbonyl (C=O) groups is 1. The zero-order valence-corrected chi connectivity index (χ0v) is 13.6. The predicted molar refractivity (Wildman–Crippen MR) is 86.4 cm³/mol. The van der Waals surface area contributed by atoms with Crippen molar-refractivity contribution in [1.29, 1.82) is 5.26 Å². The normalized spacial score (nSPS) is 13.1. The smallest absolute Gasteiger partial charge is 0.185 e. The van der Waals surface area contributed by atoms with Gasteiger partial charge in [-0.25, -0.2) is 13.8 Å². The third-order valence-electron chi connectivity index (χ3n) is 3.27. The van der Waals surface area contributed by atoms with Crippen molar-refractivity contribution in [2.75, 3.05) is 6.61 Å². The number of hydrogen-bond acceptors (Lipinski definition) is 5. The molecule has 0 amide bonds. The summed E-state index contributed by atoms with van der Waals surface area (Å²) in [5.74, 6) is -3.13. The second-order valence-corrected chi connectivity index (χ2v) is 5.79. The Labute approximate surface area is 142 Å². The molecule has 0 bridgehead atoms. The third-order valence-corrected chi connectivity index (χ3v) is 4.18. The van der Waals surface area contributed by atoms with E-state index in [9.17, 15) is 18.8 Å². The van der Waals surface area contributed by atoms with E-state index in [1.54, 1.807) is 0 Å². The number of nitriles is 1. The van der Waals surface area contributed by atoms with Gasteiger partial charge in [-0.1, -0.05) is 12.1 Å². The Morgan fingerprint density at radius 3 is 2.75 bits per heavy atom. The van der Waals surface area contributed by atoms with E-state index in [-0.39, 0.29) is 22.9 Å². The lowest BCUT2D eigenvalue weighted by Gasteiger charge is -2.12. The van der Waals surface area contributed by atoms with E-state index in [0.717, 1.165) is 23.5 Å². The first-order valence-corrected chi connectivity index (χ1v) is 7.93. The second kappa shape index (κ2) is 7.90. The molecule has 0 aliphatic carbocycles. The van der Waals surface area contributed by atoms with Crippen LogP contribution < -0.4 is 0 Å². The average molecular weight is 348 g/mol. The molecule has 0 aliphatic heterocycles. The number of ketones is 1. The number of thiazole rings is 1. The largest absolute Gasteiger partial charge is 0.367 e. The van der Waals surface area contributed by atoms with Crippen LogP contribution in [0.15, 0.2) is 36.2 Å². The lowest BCUT2D eigenvalue weighted by Crippen LogP contribution is -2.26. The van der Waals surface area contributed by atoms with Gasteiger partial charge in [0.15, 0.2) is 11.7 Å². The fraction of sp³-hybridized carbons (Fsp3) is 0.235. The first kappa shape index (κ1) is 17.9. The molecular formula is C17H14F2N2O2S. The monoisotopic (exact) mass is 348 g/mol. The van der Waals surface area contributed by atoms with Gasteiger partial charge in [0, 0.05) is 5.38 Å². The molecule has 0 unspecified atom stereocenters. The molecule has 1 heterocycles. The third kappa shape index (κ3) is 3.72. The van der Waals surface area contributed by atoms with E-state index in [0.29, 0.717) is 0 Å². The van der Waals surface area contributed by atoms with E-state index in [4.69, 9.17) is 4.74 Å². The fourth-order valence-corrected chi connectivity index (χ4v) is 2.91. The van der Waals surface area contributed by atoms with Gasteiger partial charge in [-0.05, 0) is 19.1 Å². The minimum absolute atomic E-state index is 0.0540. The van der Waals surface area contributed by atoms with Crippen LogP contribution >= 0.6 is 11.3 Å². The Bertz CT molecular complexity index is 778. The number of aromatic nitrogens is 1. The lowest BCUT2D eigenvalue weighted by molar-refractivity contribution is -0.129. The molecule has 0 saturated carbocycles. The maximum absolute atomic E-state index is 13.8. The van der Waals surface area contributed by atoms with Crippen molar-refractivity contribution in [3.8, 4) is 17.3 Å². The van der Waals surface area contributed by atoms with Crippen LogP contribution in [0.3, 0.4) is 0 Å². The van der Waals surface area contributed by atoms with Crippen molar-refractivity contribution in [3.63, 3.8) is 0 Å². The number of ether oxygens (including phenoxy) is 1. The van der Waals surface area contributed by atoms with Gasteiger partial charge >= 0.3 is 0 Å². The quantitative estimate of drug-likeness (QED) is 0.713. The molecule has 2 aromatic rings. The van der Waals surface area contributed by atoms with Crippen LogP contribution in [0.25, 0.3) is 11.3 Å². The summed E-state index contributed by atoms with van der Waals surface area (Å²) in [6.07, 6.45) is 0.679. The van der Waals surface area contributed by atoms with Crippen molar-refractivity contribution in [2.45, 2.75) is 18.9 Å². The number of nitrogens with zero attached hydrogens (tertiary/aromatic N) is 2. The van der Waals surface area contributed by atoms with Gasteiger partial charge in [0.1, 0.15) is 22.7 Å². The highest BCUT2D eigenvalue weighted by molar-refractivity contribution is 7.10. The van der Waals surface area contributed by atoms with E-state index in [1.165, 1.54) is 24.4 Å². The Balaban J connectivity index is 2.30. The topological polar surface area (TPSA) is 63.0 Å². The molecule has 2 atom stereocenters. The SMILES string of the molecule is C=CCO[C@@H](C)C(=O)[C@H](C#N)c1nc(-c2c(F)cccc2F)cs1. The van der Waals surface area contributed by atoms with Crippen molar-refractivity contribution in [3.05, 3.63) is 52.9 Å². The molecule has 0 aliphatic rings. The molecule has 2 rings (SSSR count). The zero-order valence-electron chi connectivity index (χ0n) is 12.8. The summed E-state index contributed by atoms with van der Waals surface area (Å²) < 4.78 is 32.9. The zero-order chi connectivity index (χ0) is 17.7. The van der Waals surface area contributed by atoms with Gasteiger partial charge in [-0.3, -0.25) is 4.79 Å². The molecular weight excluding hydrogens is 334 g/mol. The molecule has 124 valence electrons. The van der Waals surface area contributed by atoms with Crippen LogP contribution in [-0.4, -0.2) is 23.5 Å². The minimum atomic E-state index is -1.15. The number of benzene rings is 1. The van der Waals surface area contributed by atoms with Gasteiger partial charge < -0.3 is 4.74 Å². The molecule has 0 N–H and O–H groups in total. The van der Waals surface area contributed by atoms with E-state index in [1.807, 2.05) is 6.07 Å². The number of Topliss-reactive ketones (excluding diaryl/α,β-unsaturated/α-hetero) is 1. The highest BCUT2D eigenvalue weighted by atomic mass is 32.1. The summed E-state index contributed by atoms with van der Waals surface area (Å²) in [4.78, 5) is 16.4. The summed E-state index contributed by atoms with van der Waals surface area (Å²) in [5.41, 5.74) is -0.224. The number of halogens is 2. The molecule has 0 saturated heterocycles. The molecule has 0 fully saturated rings. The maximum atomic E-state index is 13.8. The van der Waals surface area contributed by atoms with Crippen LogP contribution in [0.4, 0.5) is 8.78 Å². The fourth-order valence-electron chi connectivity index (χ4n) is 2.05. The van der Waals surface area contributed by atoms with Gasteiger partial charge in [-0.15, -0.1) is 17.9 Å². The van der Waals surface area contributed by atoms with Crippen LogP contribution in [0, 0.1) is 23.0 Å². The van der Waals surface area contributed by atoms with Crippen LogP contribution in [0.5, 0.6) is 0 Å². The van der Waals surface area contributed by atoms with E-state index >= 15 is 0 Å². The highest BCUT2D eigenvalue weighted by Gasteiger charge is 2.29. The average Bonchev–Trinajstić information content (AvgIpc) is 3.02. The van der Waals surface area contributed by atoms with Crippen LogP contribution in [0.2, 0.25) is 0 Å². The molecule has 0 spiro atoms. The highest BCUT2D eigenvalue weighted by Crippen LogP contribution is 2.30. The Hall–Kier alpha value is -2.43. The minimum Gasteiger partial charge on any atom is -0.367 e. The number of hydrogen-bond donors (Lipinski definition) is 0. The van der Waals surface area contributed by atoms with Crippen LogP contribution in [-0.2, 0) is 9.53 Å². The molecule has 1 aromatic carbocycles. The van der Waals surface area contributed by atoms with Crippen molar-refractivity contribution < 1.29 is 18.3 Å². The van der Waals surface area contributed by atoms with Gasteiger partial charge in [0.2, 0.25) is 0 Å². The van der Waals surface area contributed by atoms with Crippen molar-refractivity contribution in [1.82, 2.24) is 4.98 Å². The van der Waals surface area contributed by atoms with Gasteiger partial charge in [-0.2, -0.15) is 5.26 Å². The lowest BCUT2D eigenvalue weighted by atomic mass is 10.0. The summed E-state index contributed by atoms with van der Waals surface area (Å²) >= 11 is 1.00. The number of rotatable bonds is 7. The standard InChI is InChI=1S/C17H14F2N2O2S/c1-3-7-23-10(2)16(22)11(8-20)17-21-14(9-24-17)15-12(18)5-4-6-13(15)19/h3-6,9-11H,1,7H2,2H3/t10-,11-/m0/s1. The first-order valence-electron chi connectivity index (χ1n) is 7.05. The van der Waals surface area contributed by atoms with E-state index < -0.39 is 29.4 Å². The van der Waals surface area contributed by atoms with Gasteiger partial charge in [0.05, 0.1) is 23.9 Å². The predicted octanol–water partition coefficient (Wildman–Crippen LogP) is 3.86. The molecule has 1 aromatic heterocycles. The molecule has 4 nitrogen and oxygen atoms in total. The first-order chi connectivity index (χ1) is 11.5. The second-order valence-electron chi connectivity index (χ2n) is 4.90. The van der Waals surface area contributed by atoms with Crippen molar-refractivity contribution in [2.24, 2.45) is 0 Å². The summed E-state index contributed by atoms with van der Waals surface area (Å²) in [5, 5.41) is 10.9. The molecule has 0 radical (unpaired) electrons. The number of carbonyl (C=O) groups excluding carboxylic acids is 1.